The molecule has 1 aliphatic heterocycles. The Labute approximate surface area is 130 Å². The Balaban J connectivity index is 1.73. The Bertz CT molecular complexity index is 629. The standard InChI is InChI=1S/C17H21FN4/c1-12-9-15(7-8-22(12)2)20-17-11-19-10-16(21-17)13-3-5-14(18)6-4-13/h3-6,10-12,15H,7-9H2,1-2H3,(H,20,21). The van der Waals surface area contributed by atoms with Gasteiger partial charge in [0.15, 0.2) is 0 Å². The van der Waals surface area contributed by atoms with Crippen LogP contribution in [-0.2, 0) is 0 Å². The van der Waals surface area contributed by atoms with E-state index in [4.69, 9.17) is 0 Å². The third kappa shape index (κ3) is 3.42. The molecule has 5 heteroatoms. The Morgan fingerprint density at radius 2 is 2.00 bits per heavy atom. The topological polar surface area (TPSA) is 41.1 Å². The summed E-state index contributed by atoms with van der Waals surface area (Å²) in [6, 6.07) is 7.32. The minimum atomic E-state index is -0.244. The molecule has 2 heterocycles. The van der Waals surface area contributed by atoms with Crippen LogP contribution in [0.1, 0.15) is 19.8 Å². The number of likely N-dealkylation sites (tertiary alicyclic amines) is 1. The number of hydrogen-bond acceptors (Lipinski definition) is 4. The van der Waals surface area contributed by atoms with Gasteiger partial charge in [-0.05, 0) is 51.1 Å². The van der Waals surface area contributed by atoms with Gasteiger partial charge in [0.1, 0.15) is 11.6 Å². The summed E-state index contributed by atoms with van der Waals surface area (Å²) in [7, 11) is 2.16. The molecular formula is C17H21FN4. The van der Waals surface area contributed by atoms with Crippen molar-refractivity contribution in [2.24, 2.45) is 0 Å². The number of anilines is 1. The van der Waals surface area contributed by atoms with E-state index in [-0.39, 0.29) is 5.82 Å². The molecule has 4 nitrogen and oxygen atoms in total. The monoisotopic (exact) mass is 300 g/mol. The third-order valence-electron chi connectivity index (χ3n) is 4.33. The van der Waals surface area contributed by atoms with Gasteiger partial charge in [0.2, 0.25) is 0 Å². The van der Waals surface area contributed by atoms with Gasteiger partial charge in [-0.1, -0.05) is 0 Å². The molecule has 0 saturated carbocycles. The smallest absolute Gasteiger partial charge is 0.145 e. The van der Waals surface area contributed by atoms with Crippen molar-refractivity contribution in [1.82, 2.24) is 14.9 Å². The average Bonchev–Trinajstić information content (AvgIpc) is 2.52. The van der Waals surface area contributed by atoms with Gasteiger partial charge in [0.05, 0.1) is 18.1 Å². The van der Waals surface area contributed by atoms with Crippen LogP contribution in [0.4, 0.5) is 10.2 Å². The predicted molar refractivity (Wildman–Crippen MR) is 86.2 cm³/mol. The van der Waals surface area contributed by atoms with Crippen LogP contribution in [0, 0.1) is 5.82 Å². The number of halogens is 1. The van der Waals surface area contributed by atoms with E-state index in [0.29, 0.717) is 12.1 Å². The summed E-state index contributed by atoms with van der Waals surface area (Å²) in [6.45, 7) is 3.33. The summed E-state index contributed by atoms with van der Waals surface area (Å²) in [6.07, 6.45) is 5.65. The van der Waals surface area contributed by atoms with Gasteiger partial charge in [-0.3, -0.25) is 4.98 Å². The second-order valence-corrected chi connectivity index (χ2v) is 5.99. The highest BCUT2D eigenvalue weighted by molar-refractivity contribution is 5.59. The van der Waals surface area contributed by atoms with Crippen LogP contribution in [0.3, 0.4) is 0 Å². The molecular weight excluding hydrogens is 279 g/mol. The zero-order chi connectivity index (χ0) is 15.5. The fraction of sp³-hybridized carbons (Fsp3) is 0.412. The fourth-order valence-electron chi connectivity index (χ4n) is 2.82. The first-order valence-electron chi connectivity index (χ1n) is 7.66. The van der Waals surface area contributed by atoms with E-state index in [1.807, 2.05) is 0 Å². The van der Waals surface area contributed by atoms with Crippen molar-refractivity contribution < 1.29 is 4.39 Å². The molecule has 3 rings (SSSR count). The maximum absolute atomic E-state index is 13.0. The van der Waals surface area contributed by atoms with Gasteiger partial charge in [-0.15, -0.1) is 0 Å². The maximum atomic E-state index is 13.0. The lowest BCUT2D eigenvalue weighted by atomic mass is 9.99. The van der Waals surface area contributed by atoms with E-state index in [1.54, 1.807) is 24.5 Å². The SMILES string of the molecule is CC1CC(Nc2cncc(-c3ccc(F)cc3)n2)CCN1C. The number of nitrogens with zero attached hydrogens (tertiary/aromatic N) is 3. The molecule has 0 bridgehead atoms. The zero-order valence-corrected chi connectivity index (χ0v) is 13.0. The van der Waals surface area contributed by atoms with Crippen LogP contribution < -0.4 is 5.32 Å². The first kappa shape index (κ1) is 14.9. The fourth-order valence-corrected chi connectivity index (χ4v) is 2.82. The zero-order valence-electron chi connectivity index (χ0n) is 13.0. The first-order chi connectivity index (χ1) is 10.6. The molecule has 2 unspecified atom stereocenters. The molecule has 1 aliphatic rings. The van der Waals surface area contributed by atoms with Gasteiger partial charge in [-0.25, -0.2) is 9.37 Å². The molecule has 2 atom stereocenters. The van der Waals surface area contributed by atoms with Crippen molar-refractivity contribution in [1.29, 1.82) is 0 Å². The summed E-state index contributed by atoms with van der Waals surface area (Å²) < 4.78 is 13.0. The van der Waals surface area contributed by atoms with E-state index in [9.17, 15) is 4.39 Å². The number of rotatable bonds is 3. The second kappa shape index (κ2) is 6.40. The van der Waals surface area contributed by atoms with E-state index in [0.717, 1.165) is 36.5 Å². The Kier molecular flexibility index (Phi) is 4.34. The lowest BCUT2D eigenvalue weighted by Gasteiger charge is -2.35. The minimum Gasteiger partial charge on any atom is -0.366 e. The lowest BCUT2D eigenvalue weighted by molar-refractivity contribution is 0.190. The molecule has 0 aliphatic carbocycles. The predicted octanol–water partition coefficient (Wildman–Crippen LogP) is 3.18. The molecule has 116 valence electrons. The number of piperidine rings is 1. The molecule has 0 amide bonds. The van der Waals surface area contributed by atoms with Crippen molar-refractivity contribution >= 4 is 5.82 Å². The van der Waals surface area contributed by atoms with Gasteiger partial charge in [0.25, 0.3) is 0 Å². The van der Waals surface area contributed by atoms with Crippen LogP contribution in [0.2, 0.25) is 0 Å². The number of hydrogen-bond donors (Lipinski definition) is 1. The first-order valence-corrected chi connectivity index (χ1v) is 7.66. The minimum absolute atomic E-state index is 0.244. The lowest BCUT2D eigenvalue weighted by Crippen LogP contribution is -2.42. The average molecular weight is 300 g/mol. The van der Waals surface area contributed by atoms with E-state index >= 15 is 0 Å². The molecule has 1 saturated heterocycles. The van der Waals surface area contributed by atoms with Crippen LogP contribution in [0.15, 0.2) is 36.7 Å². The van der Waals surface area contributed by atoms with Crippen molar-refractivity contribution in [3.8, 4) is 11.3 Å². The normalized spacial score (nSPS) is 22.5. The largest absolute Gasteiger partial charge is 0.366 e. The third-order valence-corrected chi connectivity index (χ3v) is 4.33. The highest BCUT2D eigenvalue weighted by Crippen LogP contribution is 2.21. The quantitative estimate of drug-likeness (QED) is 0.945. The van der Waals surface area contributed by atoms with Gasteiger partial charge >= 0.3 is 0 Å². The molecule has 1 fully saturated rings. The summed E-state index contributed by atoms with van der Waals surface area (Å²) in [5, 5.41) is 3.48. The molecule has 22 heavy (non-hydrogen) atoms. The highest BCUT2D eigenvalue weighted by Gasteiger charge is 2.22. The van der Waals surface area contributed by atoms with Crippen LogP contribution in [0.5, 0.6) is 0 Å². The van der Waals surface area contributed by atoms with Crippen molar-refractivity contribution in [2.45, 2.75) is 31.8 Å². The van der Waals surface area contributed by atoms with E-state index in [2.05, 4.69) is 34.2 Å². The summed E-state index contributed by atoms with van der Waals surface area (Å²) >= 11 is 0. The molecule has 1 N–H and O–H groups in total. The van der Waals surface area contributed by atoms with Gasteiger partial charge in [-0.2, -0.15) is 0 Å². The summed E-state index contributed by atoms with van der Waals surface area (Å²) in [5.41, 5.74) is 1.63. The second-order valence-electron chi connectivity index (χ2n) is 5.99. The van der Waals surface area contributed by atoms with Gasteiger partial charge in [0, 0.05) is 24.2 Å². The summed E-state index contributed by atoms with van der Waals surface area (Å²) in [5.74, 6) is 0.537. The molecule has 0 spiro atoms. The number of benzene rings is 1. The molecule has 1 aromatic carbocycles. The van der Waals surface area contributed by atoms with Gasteiger partial charge < -0.3 is 10.2 Å². The summed E-state index contributed by atoms with van der Waals surface area (Å²) in [4.78, 5) is 11.2. The highest BCUT2D eigenvalue weighted by atomic mass is 19.1. The van der Waals surface area contributed by atoms with Crippen LogP contribution in [0.25, 0.3) is 11.3 Å². The number of aromatic nitrogens is 2. The van der Waals surface area contributed by atoms with Crippen molar-refractivity contribution in [3.05, 3.63) is 42.5 Å². The van der Waals surface area contributed by atoms with Crippen LogP contribution in [-0.4, -0.2) is 40.5 Å². The van der Waals surface area contributed by atoms with E-state index < -0.39 is 0 Å². The van der Waals surface area contributed by atoms with E-state index in [1.165, 1.54) is 12.1 Å². The maximum Gasteiger partial charge on any atom is 0.145 e. The Morgan fingerprint density at radius 3 is 2.73 bits per heavy atom. The molecule has 1 aromatic heterocycles. The Hall–Kier alpha value is -2.01. The Morgan fingerprint density at radius 1 is 1.23 bits per heavy atom. The van der Waals surface area contributed by atoms with Crippen molar-refractivity contribution in [2.75, 3.05) is 18.9 Å². The van der Waals surface area contributed by atoms with Crippen molar-refractivity contribution in [3.63, 3.8) is 0 Å². The molecule has 2 aromatic rings. The van der Waals surface area contributed by atoms with Crippen LogP contribution >= 0.6 is 0 Å². The number of nitrogens with one attached hydrogen (secondary N) is 1. The molecule has 0 radical (unpaired) electrons.